The minimum Gasteiger partial charge on any atom is -0.445 e. The fraction of sp³-hybridized carbons (Fsp3) is 0.303. The van der Waals surface area contributed by atoms with Gasteiger partial charge in [-0.15, -0.1) is 11.3 Å². The van der Waals surface area contributed by atoms with Crippen LogP contribution in [0.5, 0.6) is 0 Å². The Balaban J connectivity index is 1.10. The molecule has 1 saturated heterocycles. The maximum absolute atomic E-state index is 12.7. The van der Waals surface area contributed by atoms with Gasteiger partial charge in [0.05, 0.1) is 11.0 Å². The number of carbonyl (C=O) groups excluding carboxylic acids is 2. The van der Waals surface area contributed by atoms with Crippen molar-refractivity contribution in [1.82, 2.24) is 15.6 Å². The van der Waals surface area contributed by atoms with Gasteiger partial charge in [-0.05, 0) is 33.1 Å². The van der Waals surface area contributed by atoms with Crippen LogP contribution in [0.3, 0.4) is 0 Å². The van der Waals surface area contributed by atoms with E-state index in [-0.39, 0.29) is 42.4 Å². The lowest BCUT2D eigenvalue weighted by molar-refractivity contribution is -0.384. The molecule has 1 aromatic heterocycles. The summed E-state index contributed by atoms with van der Waals surface area (Å²) in [5.41, 5.74) is 0.902. The van der Waals surface area contributed by atoms with Crippen LogP contribution in [-0.4, -0.2) is 62.5 Å². The highest BCUT2D eigenvalue weighted by Crippen LogP contribution is 2.39. The minimum atomic E-state index is -2.65. The highest BCUT2D eigenvalue weighted by atomic mass is 32.1. The Hall–Kier alpha value is -4.59. The zero-order chi connectivity index (χ0) is 32.7. The van der Waals surface area contributed by atoms with Gasteiger partial charge in [-0.1, -0.05) is 81.4 Å². The van der Waals surface area contributed by atoms with Crippen molar-refractivity contribution in [1.29, 1.82) is 0 Å². The highest BCUT2D eigenvalue weighted by Gasteiger charge is 2.52. The van der Waals surface area contributed by atoms with Gasteiger partial charge in [-0.2, -0.15) is 0 Å². The third-order valence-electron chi connectivity index (χ3n) is 7.80. The Kier molecular flexibility index (Phi) is 10.1. The predicted molar refractivity (Wildman–Crippen MR) is 180 cm³/mol. The van der Waals surface area contributed by atoms with Gasteiger partial charge in [-0.3, -0.25) is 14.9 Å². The Labute approximate surface area is 272 Å². The first-order valence-electron chi connectivity index (χ1n) is 15.0. The normalized spacial score (nSPS) is 13.5. The molecule has 1 fully saturated rings. The Bertz CT molecular complexity index is 1600. The van der Waals surface area contributed by atoms with Crippen molar-refractivity contribution in [2.24, 2.45) is 0 Å². The van der Waals surface area contributed by atoms with Crippen molar-refractivity contribution < 1.29 is 23.7 Å². The molecule has 0 aliphatic carbocycles. The summed E-state index contributed by atoms with van der Waals surface area (Å²) in [6.07, 6.45) is -0.630. The molecule has 0 radical (unpaired) electrons. The molecule has 2 amide bonds. The Morgan fingerprint density at radius 1 is 0.957 bits per heavy atom. The van der Waals surface area contributed by atoms with Crippen LogP contribution in [0.15, 0.2) is 90.3 Å². The van der Waals surface area contributed by atoms with Crippen molar-refractivity contribution in [2.45, 2.75) is 38.5 Å². The van der Waals surface area contributed by atoms with E-state index in [0.29, 0.717) is 24.3 Å². The molecule has 0 spiro atoms. The number of aromatic nitrogens is 1. The van der Waals surface area contributed by atoms with E-state index in [1.54, 1.807) is 5.38 Å². The van der Waals surface area contributed by atoms with Gasteiger partial charge >= 0.3 is 6.09 Å². The number of alkyl carbamates (subject to hydrolysis) is 1. The van der Waals surface area contributed by atoms with Crippen molar-refractivity contribution >= 4 is 52.8 Å². The van der Waals surface area contributed by atoms with Crippen LogP contribution < -0.4 is 25.9 Å². The number of nitrogens with one attached hydrogen (secondary N) is 2. The number of amides is 2. The maximum atomic E-state index is 12.7. The molecule has 2 heterocycles. The SMILES string of the molecule is CC(C)(C)[Si](OC1CN(c2nc(C(=O)NCCNC(=O)OCc3ccc([N+](=O)[O-])cc3)cs2)C1)(c1ccccc1)c1ccccc1. The topological polar surface area (TPSA) is 136 Å². The summed E-state index contributed by atoms with van der Waals surface area (Å²) < 4.78 is 12.3. The van der Waals surface area contributed by atoms with E-state index in [1.165, 1.54) is 46.0 Å². The summed E-state index contributed by atoms with van der Waals surface area (Å²) in [6.45, 7) is 8.49. The molecule has 0 saturated carbocycles. The fourth-order valence-corrected chi connectivity index (χ4v) is 11.0. The molecule has 240 valence electrons. The summed E-state index contributed by atoms with van der Waals surface area (Å²) in [5, 5.41) is 20.9. The van der Waals surface area contributed by atoms with Gasteiger partial charge < -0.3 is 24.7 Å². The first-order chi connectivity index (χ1) is 22.1. The van der Waals surface area contributed by atoms with Gasteiger partial charge in [0.25, 0.3) is 19.9 Å². The molecular formula is C33H37N5O6SSi. The monoisotopic (exact) mass is 659 g/mol. The molecular weight excluding hydrogens is 623 g/mol. The number of benzene rings is 3. The predicted octanol–water partition coefficient (Wildman–Crippen LogP) is 4.47. The van der Waals surface area contributed by atoms with E-state index in [0.717, 1.165) is 5.13 Å². The van der Waals surface area contributed by atoms with Crippen LogP contribution in [0.2, 0.25) is 5.04 Å². The molecule has 0 bridgehead atoms. The number of nitro groups is 1. The molecule has 0 unspecified atom stereocenters. The fourth-order valence-electron chi connectivity index (χ4n) is 5.47. The van der Waals surface area contributed by atoms with Crippen LogP contribution in [0.4, 0.5) is 15.6 Å². The number of carbonyl (C=O) groups is 2. The molecule has 3 aromatic carbocycles. The molecule has 46 heavy (non-hydrogen) atoms. The number of hydrogen-bond donors (Lipinski definition) is 2. The summed E-state index contributed by atoms with van der Waals surface area (Å²) in [5.74, 6) is -0.329. The van der Waals surface area contributed by atoms with Gasteiger partial charge in [0.1, 0.15) is 12.3 Å². The maximum Gasteiger partial charge on any atom is 0.407 e. The molecule has 0 atom stereocenters. The molecule has 1 aliphatic rings. The number of anilines is 1. The Morgan fingerprint density at radius 2 is 1.54 bits per heavy atom. The lowest BCUT2D eigenvalue weighted by Crippen LogP contribution is -2.70. The zero-order valence-electron chi connectivity index (χ0n) is 26.0. The quantitative estimate of drug-likeness (QED) is 0.0985. The van der Waals surface area contributed by atoms with E-state index in [1.807, 2.05) is 12.1 Å². The number of thiazole rings is 1. The highest BCUT2D eigenvalue weighted by molar-refractivity contribution is 7.14. The number of rotatable bonds is 12. The van der Waals surface area contributed by atoms with Crippen molar-refractivity contribution in [2.75, 3.05) is 31.1 Å². The molecule has 11 nitrogen and oxygen atoms in total. The number of ether oxygens (including phenoxy) is 1. The first-order valence-corrected chi connectivity index (χ1v) is 17.8. The summed E-state index contributed by atoms with van der Waals surface area (Å²) in [4.78, 5) is 41.6. The third-order valence-corrected chi connectivity index (χ3v) is 13.8. The molecule has 2 N–H and O–H groups in total. The van der Waals surface area contributed by atoms with Crippen LogP contribution in [0.25, 0.3) is 0 Å². The molecule has 5 rings (SSSR count). The molecule has 4 aromatic rings. The van der Waals surface area contributed by atoms with Crippen LogP contribution in [0.1, 0.15) is 36.8 Å². The average Bonchev–Trinajstić information content (AvgIpc) is 3.52. The van der Waals surface area contributed by atoms with Gasteiger partial charge in [0, 0.05) is 43.7 Å². The number of hydrogen-bond acceptors (Lipinski definition) is 9. The second-order valence-corrected chi connectivity index (χ2v) is 17.1. The average molecular weight is 660 g/mol. The van der Waals surface area contributed by atoms with E-state index in [4.69, 9.17) is 9.16 Å². The molecule has 1 aliphatic heterocycles. The van der Waals surface area contributed by atoms with Crippen molar-refractivity contribution in [3.8, 4) is 0 Å². The standard InChI is InChI=1S/C33H37N5O6SSi/c1-33(2,3)46(27-10-6-4-7-11-27,28-12-8-5-9-13-28)44-26-20-37(21-26)31-36-29(23-45-31)30(39)34-18-19-35-32(40)43-22-24-14-16-25(17-15-24)38(41)42/h4-17,23,26H,18-22H2,1-3H3,(H,34,39)(H,35,40). The minimum absolute atomic E-state index is 0.0266. The Morgan fingerprint density at radius 3 is 2.11 bits per heavy atom. The third kappa shape index (κ3) is 7.44. The van der Waals surface area contributed by atoms with Crippen LogP contribution >= 0.6 is 11.3 Å². The largest absolute Gasteiger partial charge is 0.445 e. The lowest BCUT2D eigenvalue weighted by Gasteiger charge is -2.49. The number of nitro benzene ring substituents is 1. The van der Waals surface area contributed by atoms with E-state index in [2.05, 4.69) is 89.8 Å². The number of nitrogens with zero attached hydrogens (tertiary/aromatic N) is 3. The lowest BCUT2D eigenvalue weighted by atomic mass is 10.2. The number of non-ortho nitro benzene ring substituents is 1. The van der Waals surface area contributed by atoms with Gasteiger partial charge in [-0.25, -0.2) is 9.78 Å². The van der Waals surface area contributed by atoms with Crippen molar-refractivity contribution in [3.63, 3.8) is 0 Å². The summed E-state index contributed by atoms with van der Waals surface area (Å²) in [7, 11) is -2.65. The van der Waals surface area contributed by atoms with Crippen LogP contribution in [-0.2, 0) is 15.8 Å². The summed E-state index contributed by atoms with van der Waals surface area (Å²) >= 11 is 1.41. The van der Waals surface area contributed by atoms with E-state index < -0.39 is 19.3 Å². The second kappa shape index (κ2) is 14.2. The molecule has 13 heteroatoms. The van der Waals surface area contributed by atoms with E-state index in [9.17, 15) is 19.7 Å². The smallest absolute Gasteiger partial charge is 0.407 e. The van der Waals surface area contributed by atoms with Crippen LogP contribution in [0, 0.1) is 10.1 Å². The first kappa shape index (κ1) is 32.8. The zero-order valence-corrected chi connectivity index (χ0v) is 27.8. The van der Waals surface area contributed by atoms with Gasteiger partial charge in [0.2, 0.25) is 0 Å². The van der Waals surface area contributed by atoms with Crippen molar-refractivity contribution in [3.05, 3.63) is 112 Å². The summed E-state index contributed by atoms with van der Waals surface area (Å²) in [6, 6.07) is 26.9. The second-order valence-electron chi connectivity index (χ2n) is 12.0. The van der Waals surface area contributed by atoms with Gasteiger partial charge in [0.15, 0.2) is 5.13 Å². The van der Waals surface area contributed by atoms with E-state index >= 15 is 0 Å².